The first-order chi connectivity index (χ1) is 10.8. The number of fused-ring (bicyclic) bond motifs is 2. The van der Waals surface area contributed by atoms with Crippen LogP contribution in [0, 0.1) is 11.6 Å². The van der Waals surface area contributed by atoms with Gasteiger partial charge in [0.15, 0.2) is 11.6 Å². The molecule has 0 aliphatic carbocycles. The van der Waals surface area contributed by atoms with Crippen molar-refractivity contribution >= 4 is 11.7 Å². The summed E-state index contributed by atoms with van der Waals surface area (Å²) in [6.45, 7) is 5.50. The van der Waals surface area contributed by atoms with Crippen LogP contribution in [0.4, 0.5) is 13.6 Å². The molecule has 1 aromatic carbocycles. The van der Waals surface area contributed by atoms with Gasteiger partial charge in [0.2, 0.25) is 0 Å². The third-order valence-corrected chi connectivity index (χ3v) is 4.30. The Labute approximate surface area is 134 Å². The Balaban J connectivity index is 1.86. The van der Waals surface area contributed by atoms with E-state index in [1.807, 2.05) is 26.8 Å². The van der Waals surface area contributed by atoms with E-state index in [-0.39, 0.29) is 18.2 Å². The number of halogens is 2. The molecular weight excluding hydrogens is 300 g/mol. The van der Waals surface area contributed by atoms with E-state index in [1.165, 1.54) is 6.07 Å². The smallest absolute Gasteiger partial charge is 0.411 e. The lowest BCUT2D eigenvalue weighted by atomic mass is 9.94. The fraction of sp³-hybridized carbons (Fsp3) is 0.500. The minimum absolute atomic E-state index is 0.0162. The number of amides is 1. The van der Waals surface area contributed by atoms with Gasteiger partial charge in [-0.05, 0) is 51.7 Å². The molecule has 23 heavy (non-hydrogen) atoms. The molecule has 1 amide bonds. The van der Waals surface area contributed by atoms with Crippen molar-refractivity contribution in [2.24, 2.45) is 0 Å². The van der Waals surface area contributed by atoms with Crippen molar-refractivity contribution in [3.63, 3.8) is 0 Å². The van der Waals surface area contributed by atoms with Crippen LogP contribution in [0.5, 0.6) is 0 Å². The number of carbonyl (C=O) groups excluding carboxylic acids is 1. The molecule has 0 saturated carbocycles. The Morgan fingerprint density at radius 1 is 1.26 bits per heavy atom. The SMILES string of the molecule is CC(C)(C)OC(=O)N1C2C=C(c3cccc(F)c3F)CC1CC2. The molecule has 3 nitrogen and oxygen atoms in total. The first kappa shape index (κ1) is 16.0. The van der Waals surface area contributed by atoms with E-state index in [1.54, 1.807) is 11.0 Å². The van der Waals surface area contributed by atoms with Crippen LogP contribution in [-0.4, -0.2) is 28.7 Å². The monoisotopic (exact) mass is 321 g/mol. The predicted octanol–water partition coefficient (Wildman–Crippen LogP) is 4.52. The van der Waals surface area contributed by atoms with E-state index in [4.69, 9.17) is 4.74 Å². The molecule has 0 aromatic heterocycles. The molecule has 0 spiro atoms. The average Bonchev–Trinajstić information content (AvgIpc) is 2.71. The van der Waals surface area contributed by atoms with Crippen molar-refractivity contribution in [3.8, 4) is 0 Å². The lowest BCUT2D eigenvalue weighted by molar-refractivity contribution is 0.0175. The van der Waals surface area contributed by atoms with Crippen LogP contribution in [0.1, 0.15) is 45.6 Å². The van der Waals surface area contributed by atoms with E-state index in [0.717, 1.165) is 24.5 Å². The Hall–Kier alpha value is -1.91. The van der Waals surface area contributed by atoms with E-state index in [9.17, 15) is 13.6 Å². The zero-order valence-electron chi connectivity index (χ0n) is 13.6. The van der Waals surface area contributed by atoms with Gasteiger partial charge in [-0.2, -0.15) is 0 Å². The number of ether oxygens (including phenoxy) is 1. The van der Waals surface area contributed by atoms with Crippen molar-refractivity contribution in [1.29, 1.82) is 0 Å². The summed E-state index contributed by atoms with van der Waals surface area (Å²) in [5.74, 6) is -1.66. The standard InChI is InChI=1S/C18H21F2NO2/c1-18(2,3)23-17(22)21-12-7-8-13(21)10-11(9-12)14-5-4-6-15(19)16(14)20/h4-6,9,12-13H,7-8,10H2,1-3H3. The predicted molar refractivity (Wildman–Crippen MR) is 83.8 cm³/mol. The normalized spacial score (nSPS) is 23.7. The maximum Gasteiger partial charge on any atom is 0.411 e. The highest BCUT2D eigenvalue weighted by atomic mass is 19.2. The summed E-state index contributed by atoms with van der Waals surface area (Å²) in [6, 6.07) is 4.09. The van der Waals surface area contributed by atoms with Gasteiger partial charge in [0.1, 0.15) is 5.60 Å². The number of benzene rings is 1. The van der Waals surface area contributed by atoms with Crippen LogP contribution in [0.3, 0.4) is 0 Å². The third kappa shape index (κ3) is 3.09. The highest BCUT2D eigenvalue weighted by molar-refractivity contribution is 5.75. The zero-order chi connectivity index (χ0) is 16.8. The molecule has 1 fully saturated rings. The second-order valence-corrected chi connectivity index (χ2v) is 7.18. The quantitative estimate of drug-likeness (QED) is 0.761. The van der Waals surface area contributed by atoms with Crippen molar-refractivity contribution in [2.75, 3.05) is 0 Å². The summed E-state index contributed by atoms with van der Waals surface area (Å²) in [4.78, 5) is 14.1. The molecular formula is C18H21F2NO2. The molecule has 2 atom stereocenters. The van der Waals surface area contributed by atoms with Crippen LogP contribution >= 0.6 is 0 Å². The van der Waals surface area contributed by atoms with Gasteiger partial charge < -0.3 is 4.74 Å². The molecule has 0 N–H and O–H groups in total. The number of nitrogens with zero attached hydrogens (tertiary/aromatic N) is 1. The second kappa shape index (κ2) is 5.62. The van der Waals surface area contributed by atoms with Gasteiger partial charge in [-0.25, -0.2) is 13.6 Å². The molecule has 1 saturated heterocycles. The van der Waals surface area contributed by atoms with E-state index < -0.39 is 17.2 Å². The maximum absolute atomic E-state index is 14.0. The van der Waals surface area contributed by atoms with Crippen molar-refractivity contribution in [2.45, 2.75) is 57.7 Å². The number of hydrogen-bond acceptors (Lipinski definition) is 2. The summed E-state index contributed by atoms with van der Waals surface area (Å²) >= 11 is 0. The van der Waals surface area contributed by atoms with Crippen LogP contribution in [0.15, 0.2) is 24.3 Å². The van der Waals surface area contributed by atoms with Crippen LogP contribution in [0.2, 0.25) is 0 Å². The van der Waals surface area contributed by atoms with Gasteiger partial charge in [-0.1, -0.05) is 18.2 Å². The molecule has 2 bridgehead atoms. The average molecular weight is 321 g/mol. The van der Waals surface area contributed by atoms with Gasteiger partial charge >= 0.3 is 6.09 Å². The second-order valence-electron chi connectivity index (χ2n) is 7.18. The third-order valence-electron chi connectivity index (χ3n) is 4.30. The van der Waals surface area contributed by atoms with Crippen molar-refractivity contribution in [3.05, 3.63) is 41.5 Å². The molecule has 124 valence electrons. The minimum Gasteiger partial charge on any atom is -0.444 e. The highest BCUT2D eigenvalue weighted by Gasteiger charge is 2.42. The fourth-order valence-electron chi connectivity index (χ4n) is 3.38. The van der Waals surface area contributed by atoms with E-state index in [0.29, 0.717) is 12.0 Å². The van der Waals surface area contributed by atoms with Crippen LogP contribution in [-0.2, 0) is 4.74 Å². The van der Waals surface area contributed by atoms with Gasteiger partial charge in [0.25, 0.3) is 0 Å². The summed E-state index contributed by atoms with van der Waals surface area (Å²) in [5.41, 5.74) is 0.523. The molecule has 2 aliphatic rings. The lowest BCUT2D eigenvalue weighted by Crippen LogP contribution is -2.45. The molecule has 5 heteroatoms. The van der Waals surface area contributed by atoms with Gasteiger partial charge in [0.05, 0.1) is 6.04 Å². The minimum atomic E-state index is -0.842. The molecule has 2 unspecified atom stereocenters. The van der Waals surface area contributed by atoms with Crippen LogP contribution < -0.4 is 0 Å². The Morgan fingerprint density at radius 2 is 2.00 bits per heavy atom. The first-order valence-electron chi connectivity index (χ1n) is 7.92. The molecule has 0 radical (unpaired) electrons. The van der Waals surface area contributed by atoms with E-state index >= 15 is 0 Å². The number of hydrogen-bond donors (Lipinski definition) is 0. The van der Waals surface area contributed by atoms with Gasteiger partial charge in [-0.3, -0.25) is 4.90 Å². The largest absolute Gasteiger partial charge is 0.444 e. The number of rotatable bonds is 1. The van der Waals surface area contributed by atoms with Crippen molar-refractivity contribution in [1.82, 2.24) is 4.90 Å². The van der Waals surface area contributed by atoms with Crippen LogP contribution in [0.25, 0.3) is 5.57 Å². The topological polar surface area (TPSA) is 29.5 Å². The molecule has 3 rings (SSSR count). The van der Waals surface area contributed by atoms with Gasteiger partial charge in [-0.15, -0.1) is 0 Å². The molecule has 1 aromatic rings. The summed E-state index contributed by atoms with van der Waals surface area (Å²) in [7, 11) is 0. The summed E-state index contributed by atoms with van der Waals surface area (Å²) in [5, 5.41) is 0. The Kier molecular flexibility index (Phi) is 3.90. The Morgan fingerprint density at radius 3 is 2.65 bits per heavy atom. The molecule has 2 aliphatic heterocycles. The highest BCUT2D eigenvalue weighted by Crippen LogP contribution is 2.40. The first-order valence-corrected chi connectivity index (χ1v) is 7.92. The Bertz CT molecular complexity index is 663. The zero-order valence-corrected chi connectivity index (χ0v) is 13.6. The summed E-state index contributed by atoms with van der Waals surface area (Å²) in [6.07, 6.45) is 3.74. The number of carbonyl (C=O) groups is 1. The van der Waals surface area contributed by atoms with E-state index in [2.05, 4.69) is 0 Å². The maximum atomic E-state index is 14.0. The van der Waals surface area contributed by atoms with Crippen molar-refractivity contribution < 1.29 is 18.3 Å². The summed E-state index contributed by atoms with van der Waals surface area (Å²) < 4.78 is 32.9. The fourth-order valence-corrected chi connectivity index (χ4v) is 3.38. The molecule has 2 heterocycles. The van der Waals surface area contributed by atoms with Gasteiger partial charge in [0, 0.05) is 11.6 Å². The lowest BCUT2D eigenvalue weighted by Gasteiger charge is -2.35.